The number of halogens is 2. The second-order valence-electron chi connectivity index (χ2n) is 8.15. The van der Waals surface area contributed by atoms with Gasteiger partial charge in [-0.25, -0.2) is 4.39 Å². The first-order valence-electron chi connectivity index (χ1n) is 11.1. The van der Waals surface area contributed by atoms with Crippen LogP contribution in [0, 0.1) is 12.7 Å². The average molecular weight is 511 g/mol. The Hall–Kier alpha value is -3.49. The van der Waals surface area contributed by atoms with Crippen LogP contribution in [0.3, 0.4) is 0 Å². The highest BCUT2D eigenvalue weighted by molar-refractivity contribution is 7.80. The normalized spacial score (nSPS) is 13.3. The number of nitrogens with one attached hydrogen (secondary N) is 2. The number of rotatable bonds is 4. The van der Waals surface area contributed by atoms with E-state index < -0.39 is 11.7 Å². The van der Waals surface area contributed by atoms with Gasteiger partial charge in [0.05, 0.1) is 16.3 Å². The number of carbonyl (C=O) groups excluding carboxylic acids is 2. The molecule has 0 saturated carbocycles. The summed E-state index contributed by atoms with van der Waals surface area (Å²) in [5, 5.41) is 5.91. The van der Waals surface area contributed by atoms with Crippen LogP contribution >= 0.6 is 23.8 Å². The number of carbonyl (C=O) groups is 2. The van der Waals surface area contributed by atoms with E-state index in [-0.39, 0.29) is 16.6 Å². The molecule has 0 aliphatic carbocycles. The van der Waals surface area contributed by atoms with Crippen LogP contribution < -0.4 is 15.5 Å². The molecule has 1 aliphatic heterocycles. The Balaban J connectivity index is 1.34. The molecule has 6 nitrogen and oxygen atoms in total. The molecule has 0 aromatic heterocycles. The van der Waals surface area contributed by atoms with Crippen LogP contribution in [-0.4, -0.2) is 48.0 Å². The monoisotopic (exact) mass is 510 g/mol. The van der Waals surface area contributed by atoms with E-state index >= 15 is 0 Å². The lowest BCUT2D eigenvalue weighted by Crippen LogP contribution is -2.49. The van der Waals surface area contributed by atoms with Gasteiger partial charge in [-0.15, -0.1) is 0 Å². The molecule has 180 valence electrons. The van der Waals surface area contributed by atoms with Crippen LogP contribution in [0.5, 0.6) is 0 Å². The van der Waals surface area contributed by atoms with Crippen molar-refractivity contribution in [2.24, 2.45) is 0 Å². The van der Waals surface area contributed by atoms with Gasteiger partial charge in [-0.1, -0.05) is 41.9 Å². The maximum Gasteiger partial charge on any atom is 0.260 e. The number of nitrogens with zero attached hydrogens (tertiary/aromatic N) is 2. The number of hydrogen-bond donors (Lipinski definition) is 2. The van der Waals surface area contributed by atoms with Crippen molar-refractivity contribution in [1.29, 1.82) is 0 Å². The first-order chi connectivity index (χ1) is 16.8. The standard InChI is InChI=1S/C26H24ClFN4O2S/c1-17-6-2-3-7-19(17)25(34)32-14-12-31(13-15-32)23-11-10-18(16-21(23)27)29-26(35)30-24(33)20-8-4-5-9-22(20)28/h2-11,16H,12-15H2,1H3,(H2,29,30,33,35). The summed E-state index contributed by atoms with van der Waals surface area (Å²) in [6, 6.07) is 18.7. The van der Waals surface area contributed by atoms with Crippen LogP contribution in [0.2, 0.25) is 5.02 Å². The predicted octanol–water partition coefficient (Wildman–Crippen LogP) is 4.88. The maximum absolute atomic E-state index is 13.8. The van der Waals surface area contributed by atoms with E-state index in [0.717, 1.165) is 16.8 Å². The van der Waals surface area contributed by atoms with Gasteiger partial charge in [-0.05, 0) is 61.1 Å². The fraction of sp³-hybridized carbons (Fsp3) is 0.192. The van der Waals surface area contributed by atoms with E-state index in [0.29, 0.717) is 36.9 Å². The van der Waals surface area contributed by atoms with Gasteiger partial charge < -0.3 is 15.1 Å². The minimum atomic E-state index is -0.638. The van der Waals surface area contributed by atoms with Crippen molar-refractivity contribution >= 4 is 52.1 Å². The molecular formula is C26H24ClFN4O2S. The van der Waals surface area contributed by atoms with Crippen LogP contribution in [0.1, 0.15) is 26.3 Å². The Kier molecular flexibility index (Phi) is 7.63. The molecule has 3 aromatic carbocycles. The highest BCUT2D eigenvalue weighted by Crippen LogP contribution is 2.30. The third kappa shape index (κ3) is 5.78. The molecule has 0 atom stereocenters. The fourth-order valence-electron chi connectivity index (χ4n) is 3.95. The second kappa shape index (κ2) is 10.8. The lowest BCUT2D eigenvalue weighted by Gasteiger charge is -2.36. The third-order valence-electron chi connectivity index (χ3n) is 5.83. The van der Waals surface area contributed by atoms with Gasteiger partial charge >= 0.3 is 0 Å². The summed E-state index contributed by atoms with van der Waals surface area (Å²) in [4.78, 5) is 29.1. The summed E-state index contributed by atoms with van der Waals surface area (Å²) in [6.07, 6.45) is 0. The van der Waals surface area contributed by atoms with Gasteiger partial charge in [0.15, 0.2) is 5.11 Å². The maximum atomic E-state index is 13.8. The van der Waals surface area contributed by atoms with Crippen LogP contribution in [-0.2, 0) is 0 Å². The zero-order valence-corrected chi connectivity index (χ0v) is 20.6. The molecule has 0 radical (unpaired) electrons. The van der Waals surface area contributed by atoms with Crippen molar-refractivity contribution in [2.45, 2.75) is 6.92 Å². The van der Waals surface area contributed by atoms with Crippen molar-refractivity contribution in [3.05, 3.63) is 94.3 Å². The number of thiocarbonyl (C=S) groups is 1. The molecule has 1 saturated heterocycles. The van der Waals surface area contributed by atoms with Crippen molar-refractivity contribution in [2.75, 3.05) is 36.4 Å². The number of piperazine rings is 1. The largest absolute Gasteiger partial charge is 0.367 e. The molecule has 0 bridgehead atoms. The number of aryl methyl sites for hydroxylation is 1. The Morgan fingerprint density at radius 2 is 1.60 bits per heavy atom. The molecule has 35 heavy (non-hydrogen) atoms. The predicted molar refractivity (Wildman–Crippen MR) is 141 cm³/mol. The van der Waals surface area contributed by atoms with Crippen molar-refractivity contribution in [1.82, 2.24) is 10.2 Å². The molecular weight excluding hydrogens is 487 g/mol. The minimum Gasteiger partial charge on any atom is -0.367 e. The summed E-state index contributed by atoms with van der Waals surface area (Å²) in [5.74, 6) is -1.22. The third-order valence-corrected chi connectivity index (χ3v) is 6.34. The number of hydrogen-bond acceptors (Lipinski definition) is 4. The SMILES string of the molecule is Cc1ccccc1C(=O)N1CCN(c2ccc(NC(=S)NC(=O)c3ccccc3F)cc2Cl)CC1. The van der Waals surface area contributed by atoms with Crippen molar-refractivity contribution < 1.29 is 14.0 Å². The van der Waals surface area contributed by atoms with Gasteiger partial charge in [-0.3, -0.25) is 14.9 Å². The van der Waals surface area contributed by atoms with Crippen LogP contribution in [0.15, 0.2) is 66.7 Å². The van der Waals surface area contributed by atoms with Gasteiger partial charge in [0.2, 0.25) is 0 Å². The number of amides is 2. The molecule has 1 aliphatic rings. The number of benzene rings is 3. The summed E-state index contributed by atoms with van der Waals surface area (Å²) in [6.45, 7) is 4.43. The lowest BCUT2D eigenvalue weighted by atomic mass is 10.1. The van der Waals surface area contributed by atoms with Gasteiger partial charge in [0.25, 0.3) is 11.8 Å². The smallest absolute Gasteiger partial charge is 0.260 e. The highest BCUT2D eigenvalue weighted by Gasteiger charge is 2.24. The first kappa shape index (κ1) is 24.6. The van der Waals surface area contributed by atoms with Crippen LogP contribution in [0.4, 0.5) is 15.8 Å². The zero-order valence-electron chi connectivity index (χ0n) is 19.1. The molecule has 1 heterocycles. The van der Waals surface area contributed by atoms with Gasteiger partial charge in [-0.2, -0.15) is 0 Å². The van der Waals surface area contributed by atoms with Crippen molar-refractivity contribution in [3.63, 3.8) is 0 Å². The summed E-state index contributed by atoms with van der Waals surface area (Å²) >= 11 is 11.7. The Morgan fingerprint density at radius 1 is 0.943 bits per heavy atom. The summed E-state index contributed by atoms with van der Waals surface area (Å²) in [7, 11) is 0. The van der Waals surface area contributed by atoms with Gasteiger partial charge in [0.1, 0.15) is 5.82 Å². The molecule has 0 spiro atoms. The average Bonchev–Trinajstić information content (AvgIpc) is 2.84. The quantitative estimate of drug-likeness (QED) is 0.490. The Bertz CT molecular complexity index is 1280. The molecule has 0 unspecified atom stereocenters. The van der Waals surface area contributed by atoms with E-state index in [1.165, 1.54) is 18.2 Å². The minimum absolute atomic E-state index is 0.0328. The van der Waals surface area contributed by atoms with E-state index in [1.807, 2.05) is 42.2 Å². The van der Waals surface area contributed by atoms with Crippen LogP contribution in [0.25, 0.3) is 0 Å². The van der Waals surface area contributed by atoms with E-state index in [1.54, 1.807) is 18.2 Å². The molecule has 2 N–H and O–H groups in total. The summed E-state index contributed by atoms with van der Waals surface area (Å²) in [5.41, 5.74) is 3.04. The highest BCUT2D eigenvalue weighted by atomic mass is 35.5. The lowest BCUT2D eigenvalue weighted by molar-refractivity contribution is 0.0746. The molecule has 2 amide bonds. The topological polar surface area (TPSA) is 64.7 Å². The Labute approximate surface area is 213 Å². The zero-order chi connectivity index (χ0) is 24.9. The van der Waals surface area contributed by atoms with Gasteiger partial charge in [0, 0.05) is 37.4 Å². The first-order valence-corrected chi connectivity index (χ1v) is 11.9. The van der Waals surface area contributed by atoms with E-state index in [9.17, 15) is 14.0 Å². The van der Waals surface area contributed by atoms with Crippen molar-refractivity contribution in [3.8, 4) is 0 Å². The Morgan fingerprint density at radius 3 is 2.26 bits per heavy atom. The molecule has 4 rings (SSSR count). The van der Waals surface area contributed by atoms with E-state index in [4.69, 9.17) is 23.8 Å². The summed E-state index contributed by atoms with van der Waals surface area (Å²) < 4.78 is 13.8. The molecule has 3 aromatic rings. The fourth-order valence-corrected chi connectivity index (χ4v) is 4.46. The second-order valence-corrected chi connectivity index (χ2v) is 8.96. The molecule has 9 heteroatoms. The number of anilines is 2. The molecule has 1 fully saturated rings. The van der Waals surface area contributed by atoms with E-state index in [2.05, 4.69) is 15.5 Å².